The maximum absolute atomic E-state index is 11.4. The van der Waals surface area contributed by atoms with Gasteiger partial charge >= 0.3 is 12.0 Å². The van der Waals surface area contributed by atoms with E-state index < -0.39 is 11.9 Å². The minimum absolute atomic E-state index is 0.152. The molecular weight excluding hydrogens is 232 g/mol. The number of carbonyl (C=O) groups excluding carboxylic acids is 1. The molecular formula is C13H22N2O3. The van der Waals surface area contributed by atoms with Gasteiger partial charge in [-0.05, 0) is 19.3 Å². The fraction of sp³-hybridized carbons (Fsp3) is 0.692. The molecule has 1 atom stereocenters. The van der Waals surface area contributed by atoms with Gasteiger partial charge < -0.3 is 15.7 Å². The molecule has 0 aliphatic carbocycles. The molecule has 5 nitrogen and oxygen atoms in total. The molecule has 2 amide bonds. The Labute approximate surface area is 108 Å². The van der Waals surface area contributed by atoms with E-state index in [1.807, 2.05) is 13.8 Å². The van der Waals surface area contributed by atoms with E-state index >= 15 is 0 Å². The van der Waals surface area contributed by atoms with Crippen molar-refractivity contribution in [2.45, 2.75) is 33.6 Å². The number of urea groups is 1. The van der Waals surface area contributed by atoms with Crippen molar-refractivity contribution in [1.82, 2.24) is 10.6 Å². The predicted octanol–water partition coefficient (Wildman–Crippen LogP) is 1.45. The lowest BCUT2D eigenvalue weighted by Gasteiger charge is -2.15. The van der Waals surface area contributed by atoms with E-state index in [0.29, 0.717) is 19.4 Å². The maximum Gasteiger partial charge on any atom is 0.314 e. The van der Waals surface area contributed by atoms with Crippen molar-refractivity contribution < 1.29 is 14.7 Å². The molecule has 5 heteroatoms. The van der Waals surface area contributed by atoms with E-state index in [4.69, 9.17) is 5.11 Å². The normalized spacial score (nSPS) is 11.3. The van der Waals surface area contributed by atoms with Crippen molar-refractivity contribution in [3.05, 3.63) is 0 Å². The van der Waals surface area contributed by atoms with Crippen LogP contribution < -0.4 is 10.6 Å². The highest BCUT2D eigenvalue weighted by atomic mass is 16.4. The number of hydrogen-bond donors (Lipinski definition) is 3. The first-order valence-electron chi connectivity index (χ1n) is 6.11. The Balaban J connectivity index is 3.91. The van der Waals surface area contributed by atoms with Crippen molar-refractivity contribution in [2.24, 2.45) is 11.8 Å². The monoisotopic (exact) mass is 254 g/mol. The van der Waals surface area contributed by atoms with E-state index in [1.165, 1.54) is 0 Å². The molecule has 0 radical (unpaired) electrons. The smallest absolute Gasteiger partial charge is 0.314 e. The van der Waals surface area contributed by atoms with Crippen molar-refractivity contribution >= 4 is 12.0 Å². The van der Waals surface area contributed by atoms with Crippen molar-refractivity contribution in [3.8, 4) is 11.8 Å². The van der Waals surface area contributed by atoms with E-state index in [-0.39, 0.29) is 18.5 Å². The minimum atomic E-state index is -0.874. The number of rotatable bonds is 7. The third-order valence-electron chi connectivity index (χ3n) is 2.33. The largest absolute Gasteiger partial charge is 0.481 e. The molecule has 3 N–H and O–H groups in total. The predicted molar refractivity (Wildman–Crippen MR) is 70.0 cm³/mol. The van der Waals surface area contributed by atoms with Crippen LogP contribution in [0.2, 0.25) is 0 Å². The summed E-state index contributed by atoms with van der Waals surface area (Å²) in [4.78, 5) is 22.3. The summed E-state index contributed by atoms with van der Waals surface area (Å²) in [6.07, 6.45) is 1.15. The van der Waals surface area contributed by atoms with Gasteiger partial charge in [0, 0.05) is 19.5 Å². The first kappa shape index (κ1) is 16.3. The number of hydrogen-bond acceptors (Lipinski definition) is 2. The molecule has 0 fully saturated rings. The Morgan fingerprint density at radius 1 is 1.28 bits per heavy atom. The van der Waals surface area contributed by atoms with Crippen LogP contribution in [0.3, 0.4) is 0 Å². The van der Waals surface area contributed by atoms with Gasteiger partial charge in [-0.1, -0.05) is 13.8 Å². The second-order valence-corrected chi connectivity index (χ2v) is 4.48. The molecule has 0 saturated heterocycles. The van der Waals surface area contributed by atoms with E-state index in [0.717, 1.165) is 0 Å². The van der Waals surface area contributed by atoms with E-state index in [2.05, 4.69) is 22.5 Å². The minimum Gasteiger partial charge on any atom is -0.481 e. The topological polar surface area (TPSA) is 78.4 Å². The van der Waals surface area contributed by atoms with Crippen LogP contribution in [0.15, 0.2) is 0 Å². The van der Waals surface area contributed by atoms with Crippen LogP contribution in [0, 0.1) is 23.7 Å². The quantitative estimate of drug-likeness (QED) is 0.475. The molecule has 0 aromatic rings. The third-order valence-corrected chi connectivity index (χ3v) is 2.33. The highest BCUT2D eigenvalue weighted by Gasteiger charge is 2.19. The van der Waals surface area contributed by atoms with Crippen LogP contribution in [0.1, 0.15) is 33.6 Å². The summed E-state index contributed by atoms with van der Waals surface area (Å²) >= 11 is 0. The highest BCUT2D eigenvalue weighted by molar-refractivity contribution is 5.75. The van der Waals surface area contributed by atoms with Crippen LogP contribution in [-0.2, 0) is 4.79 Å². The van der Waals surface area contributed by atoms with Crippen LogP contribution in [0.25, 0.3) is 0 Å². The molecule has 1 unspecified atom stereocenters. The molecule has 0 heterocycles. The van der Waals surface area contributed by atoms with E-state index in [1.54, 1.807) is 6.92 Å². The average molecular weight is 254 g/mol. The van der Waals surface area contributed by atoms with Crippen molar-refractivity contribution in [1.29, 1.82) is 0 Å². The van der Waals surface area contributed by atoms with Crippen molar-refractivity contribution in [3.63, 3.8) is 0 Å². The summed E-state index contributed by atoms with van der Waals surface area (Å²) in [6, 6.07) is -0.345. The molecule has 102 valence electrons. The SMILES string of the molecule is CC#CCCNC(=O)NCC(CC(C)C)C(=O)O. The fourth-order valence-electron chi connectivity index (χ4n) is 1.48. The average Bonchev–Trinajstić information content (AvgIpc) is 2.29. The Morgan fingerprint density at radius 2 is 1.94 bits per heavy atom. The van der Waals surface area contributed by atoms with Gasteiger partial charge in [0.2, 0.25) is 0 Å². The van der Waals surface area contributed by atoms with Crippen LogP contribution >= 0.6 is 0 Å². The van der Waals surface area contributed by atoms with Gasteiger partial charge in [-0.2, -0.15) is 0 Å². The second kappa shape index (κ2) is 9.34. The Hall–Kier alpha value is -1.70. The van der Waals surface area contributed by atoms with Crippen molar-refractivity contribution in [2.75, 3.05) is 13.1 Å². The summed E-state index contributed by atoms with van der Waals surface area (Å²) in [6.45, 7) is 6.27. The molecule has 0 aliphatic heterocycles. The van der Waals surface area contributed by atoms with Crippen LogP contribution in [0.5, 0.6) is 0 Å². The zero-order valence-electron chi connectivity index (χ0n) is 11.2. The number of aliphatic carboxylic acids is 1. The number of nitrogens with one attached hydrogen (secondary N) is 2. The lowest BCUT2D eigenvalue weighted by molar-refractivity contribution is -0.142. The maximum atomic E-state index is 11.4. The van der Waals surface area contributed by atoms with Gasteiger partial charge in [-0.3, -0.25) is 4.79 Å². The molecule has 0 aromatic carbocycles. The molecule has 0 aliphatic rings. The van der Waals surface area contributed by atoms with Gasteiger partial charge in [-0.15, -0.1) is 11.8 Å². The van der Waals surface area contributed by atoms with Crippen LogP contribution in [0.4, 0.5) is 4.79 Å². The number of carboxylic acids is 1. The van der Waals surface area contributed by atoms with Gasteiger partial charge in [-0.25, -0.2) is 4.79 Å². The first-order valence-corrected chi connectivity index (χ1v) is 6.11. The zero-order valence-corrected chi connectivity index (χ0v) is 11.2. The number of carboxylic acid groups (broad SMARTS) is 1. The van der Waals surface area contributed by atoms with E-state index in [9.17, 15) is 9.59 Å². The molecule has 0 bridgehead atoms. The Bertz CT molecular complexity index is 329. The summed E-state index contributed by atoms with van der Waals surface area (Å²) in [7, 11) is 0. The van der Waals surface area contributed by atoms with Gasteiger partial charge in [0.05, 0.1) is 5.92 Å². The number of amides is 2. The third kappa shape index (κ3) is 8.45. The standard InChI is InChI=1S/C13H22N2O3/c1-4-5-6-7-14-13(18)15-9-11(12(16)17)8-10(2)3/h10-11H,6-9H2,1-3H3,(H,16,17)(H2,14,15,18). The van der Waals surface area contributed by atoms with Gasteiger partial charge in [0.15, 0.2) is 0 Å². The molecule has 0 aromatic heterocycles. The first-order chi connectivity index (χ1) is 8.47. The van der Waals surface area contributed by atoms with Gasteiger partial charge in [0.1, 0.15) is 0 Å². The lowest BCUT2D eigenvalue weighted by atomic mass is 9.97. The molecule has 0 spiro atoms. The number of carbonyl (C=O) groups is 2. The zero-order chi connectivity index (χ0) is 14.0. The lowest BCUT2D eigenvalue weighted by Crippen LogP contribution is -2.40. The summed E-state index contributed by atoms with van der Waals surface area (Å²) < 4.78 is 0. The molecule has 0 rings (SSSR count). The Morgan fingerprint density at radius 3 is 2.44 bits per heavy atom. The van der Waals surface area contributed by atoms with Crippen LogP contribution in [-0.4, -0.2) is 30.2 Å². The summed E-state index contributed by atoms with van der Waals surface area (Å²) in [5.74, 6) is 4.43. The summed E-state index contributed by atoms with van der Waals surface area (Å²) in [5.41, 5.74) is 0. The molecule has 18 heavy (non-hydrogen) atoms. The summed E-state index contributed by atoms with van der Waals surface area (Å²) in [5, 5.41) is 14.2. The fourth-order valence-corrected chi connectivity index (χ4v) is 1.48. The Kier molecular flexibility index (Phi) is 8.46. The second-order valence-electron chi connectivity index (χ2n) is 4.48. The highest BCUT2D eigenvalue weighted by Crippen LogP contribution is 2.10. The van der Waals surface area contributed by atoms with Gasteiger partial charge in [0.25, 0.3) is 0 Å². The molecule has 0 saturated carbocycles.